The number of benzene rings is 2. The topological polar surface area (TPSA) is 60.7 Å². The van der Waals surface area contributed by atoms with Crippen LogP contribution >= 0.6 is 0 Å². The number of hydrogen-bond acceptors (Lipinski definition) is 3. The Morgan fingerprint density at radius 3 is 1.64 bits per heavy atom. The summed E-state index contributed by atoms with van der Waals surface area (Å²) in [5.74, 6) is 0. The lowest BCUT2D eigenvalue weighted by Crippen LogP contribution is -2.55. The summed E-state index contributed by atoms with van der Waals surface area (Å²) in [6, 6.07) is 20.7. The third-order valence-electron chi connectivity index (χ3n) is 5.03. The molecule has 2 aromatic carbocycles. The zero-order valence-electron chi connectivity index (χ0n) is 14.8. The summed E-state index contributed by atoms with van der Waals surface area (Å²) >= 11 is 0. The first-order chi connectivity index (χ1) is 12.3. The van der Waals surface area contributed by atoms with Crippen molar-refractivity contribution in [3.8, 4) is 0 Å². The highest BCUT2D eigenvalue weighted by Gasteiger charge is 2.36. The second-order valence-corrected chi connectivity index (χ2v) is 6.51. The van der Waals surface area contributed by atoms with Gasteiger partial charge in [0.25, 0.3) is 0 Å². The molecule has 0 aromatic heterocycles. The van der Waals surface area contributed by atoms with Gasteiger partial charge in [0.15, 0.2) is 0 Å². The number of aliphatic hydroxyl groups excluding tert-OH is 3. The van der Waals surface area contributed by atoms with E-state index < -0.39 is 0 Å². The molecule has 0 spiro atoms. The van der Waals surface area contributed by atoms with Gasteiger partial charge in [-0.2, -0.15) is 0 Å². The van der Waals surface area contributed by atoms with Crippen molar-refractivity contribution in [3.05, 3.63) is 71.8 Å². The third kappa shape index (κ3) is 5.38. The maximum atomic E-state index is 9.66. The van der Waals surface area contributed by atoms with Crippen molar-refractivity contribution in [1.29, 1.82) is 0 Å². The largest absolute Gasteiger partial charge is 0.391 e. The lowest BCUT2D eigenvalue weighted by atomic mass is 9.94. The summed E-state index contributed by atoms with van der Waals surface area (Å²) in [4.78, 5) is 0. The predicted molar refractivity (Wildman–Crippen MR) is 100 cm³/mol. The minimum atomic E-state index is 0.0364. The van der Waals surface area contributed by atoms with Gasteiger partial charge < -0.3 is 19.8 Å². The van der Waals surface area contributed by atoms with Crippen LogP contribution < -0.4 is 0 Å². The average molecular weight is 344 g/mol. The van der Waals surface area contributed by atoms with Crippen molar-refractivity contribution < 1.29 is 19.8 Å². The molecule has 136 valence electrons. The van der Waals surface area contributed by atoms with Crippen LogP contribution in [0.25, 0.3) is 0 Å². The Labute approximate surface area is 150 Å². The molecule has 0 saturated carbocycles. The van der Waals surface area contributed by atoms with Gasteiger partial charge in [-0.3, -0.25) is 0 Å². The number of aryl methyl sites for hydroxylation is 1. The molecule has 0 fully saturated rings. The van der Waals surface area contributed by atoms with Crippen LogP contribution in [-0.4, -0.2) is 59.3 Å². The van der Waals surface area contributed by atoms with E-state index in [-0.39, 0.29) is 25.9 Å². The van der Waals surface area contributed by atoms with Crippen molar-refractivity contribution in [1.82, 2.24) is 0 Å². The maximum absolute atomic E-state index is 9.66. The second kappa shape index (κ2) is 10.3. The molecule has 2 rings (SSSR count). The van der Waals surface area contributed by atoms with Gasteiger partial charge in [-0.1, -0.05) is 60.7 Å². The van der Waals surface area contributed by atoms with E-state index in [1.807, 2.05) is 36.4 Å². The fraction of sp³-hybridized carbons (Fsp3) is 0.429. The molecule has 0 heterocycles. The minimum Gasteiger partial charge on any atom is -0.391 e. The van der Waals surface area contributed by atoms with Crippen molar-refractivity contribution in [2.24, 2.45) is 0 Å². The molecular weight excluding hydrogens is 314 g/mol. The molecule has 0 bridgehead atoms. The molecule has 0 aliphatic heterocycles. The quantitative estimate of drug-likeness (QED) is 0.548. The Balaban J connectivity index is 2.33. The van der Waals surface area contributed by atoms with Crippen molar-refractivity contribution in [3.63, 3.8) is 0 Å². The molecule has 2 aromatic rings. The molecule has 25 heavy (non-hydrogen) atoms. The van der Waals surface area contributed by atoms with Gasteiger partial charge in [-0.15, -0.1) is 0 Å². The van der Waals surface area contributed by atoms with Crippen LogP contribution in [0.15, 0.2) is 60.7 Å². The van der Waals surface area contributed by atoms with Crippen LogP contribution in [-0.2, 0) is 6.42 Å². The molecule has 3 N–H and O–H groups in total. The highest BCUT2D eigenvalue weighted by molar-refractivity contribution is 5.19. The van der Waals surface area contributed by atoms with E-state index in [2.05, 4.69) is 24.3 Å². The number of aliphatic hydroxyl groups is 3. The Hall–Kier alpha value is -1.72. The number of rotatable bonds is 11. The predicted octanol–water partition coefficient (Wildman–Crippen LogP) is 2.15. The number of nitrogens with zero attached hydrogens (tertiary/aromatic N) is 1. The lowest BCUT2D eigenvalue weighted by Gasteiger charge is -2.44. The third-order valence-corrected chi connectivity index (χ3v) is 5.03. The van der Waals surface area contributed by atoms with Gasteiger partial charge in [0.2, 0.25) is 0 Å². The molecule has 1 unspecified atom stereocenters. The Kier molecular flexibility index (Phi) is 8.09. The minimum absolute atomic E-state index is 0.0364. The van der Waals surface area contributed by atoms with E-state index in [0.29, 0.717) is 24.1 Å². The molecule has 0 aliphatic carbocycles. The van der Waals surface area contributed by atoms with Crippen LogP contribution in [0.2, 0.25) is 0 Å². The van der Waals surface area contributed by atoms with Gasteiger partial charge in [0.1, 0.15) is 25.7 Å². The number of quaternary nitrogens is 1. The SMILES string of the molecule is OCC[N+](CCO)(CCO)C(CCc1ccccc1)c1ccccc1. The first-order valence-corrected chi connectivity index (χ1v) is 9.03. The summed E-state index contributed by atoms with van der Waals surface area (Å²) in [6.07, 6.45) is 1.82. The standard InChI is InChI=1S/C21H30NO3/c23-16-13-22(14-17-24,15-18-25)21(20-9-5-2-6-10-20)12-11-19-7-3-1-4-8-19/h1-10,21,23-25H,11-18H2/q+1. The normalized spacial score (nSPS) is 12.9. The zero-order valence-corrected chi connectivity index (χ0v) is 14.8. The highest BCUT2D eigenvalue weighted by atomic mass is 16.3. The van der Waals surface area contributed by atoms with Crippen LogP contribution in [0.5, 0.6) is 0 Å². The van der Waals surface area contributed by atoms with Gasteiger partial charge in [-0.25, -0.2) is 0 Å². The fourth-order valence-electron chi connectivity index (χ4n) is 3.78. The molecule has 4 heteroatoms. The first-order valence-electron chi connectivity index (χ1n) is 9.03. The molecule has 0 amide bonds. The Morgan fingerprint density at radius 1 is 0.680 bits per heavy atom. The average Bonchev–Trinajstić information content (AvgIpc) is 2.64. The summed E-state index contributed by atoms with van der Waals surface area (Å²) in [6.45, 7) is 1.68. The first kappa shape index (κ1) is 19.6. The highest BCUT2D eigenvalue weighted by Crippen LogP contribution is 2.32. The van der Waals surface area contributed by atoms with Gasteiger partial charge in [0, 0.05) is 12.0 Å². The number of hydrogen-bond donors (Lipinski definition) is 3. The summed E-state index contributed by atoms with van der Waals surface area (Å²) in [5.41, 5.74) is 2.47. The van der Waals surface area contributed by atoms with E-state index in [9.17, 15) is 15.3 Å². The molecule has 0 saturated heterocycles. The van der Waals surface area contributed by atoms with Crippen LogP contribution in [0, 0.1) is 0 Å². The van der Waals surface area contributed by atoms with Gasteiger partial charge in [-0.05, 0) is 12.0 Å². The van der Waals surface area contributed by atoms with Crippen molar-refractivity contribution in [2.45, 2.75) is 18.9 Å². The lowest BCUT2D eigenvalue weighted by molar-refractivity contribution is -0.958. The van der Waals surface area contributed by atoms with Crippen LogP contribution in [0.3, 0.4) is 0 Å². The van der Waals surface area contributed by atoms with E-state index in [4.69, 9.17) is 0 Å². The van der Waals surface area contributed by atoms with Crippen molar-refractivity contribution >= 4 is 0 Å². The monoisotopic (exact) mass is 344 g/mol. The Bertz CT molecular complexity index is 572. The second-order valence-electron chi connectivity index (χ2n) is 6.51. The van der Waals surface area contributed by atoms with E-state index >= 15 is 0 Å². The molecule has 0 aliphatic rings. The summed E-state index contributed by atoms with van der Waals surface area (Å²) in [5, 5.41) is 29.0. The zero-order chi connectivity index (χ0) is 18.0. The summed E-state index contributed by atoms with van der Waals surface area (Å²) in [7, 11) is 0. The Morgan fingerprint density at radius 2 is 1.16 bits per heavy atom. The van der Waals surface area contributed by atoms with Crippen LogP contribution in [0.1, 0.15) is 23.6 Å². The van der Waals surface area contributed by atoms with Gasteiger partial charge >= 0.3 is 0 Å². The molecular formula is C21H30NO3+. The summed E-state index contributed by atoms with van der Waals surface area (Å²) < 4.78 is 0.500. The molecule has 1 atom stereocenters. The van der Waals surface area contributed by atoms with Crippen molar-refractivity contribution in [2.75, 3.05) is 39.5 Å². The smallest absolute Gasteiger partial charge is 0.115 e. The van der Waals surface area contributed by atoms with Gasteiger partial charge in [0.05, 0.1) is 19.8 Å². The van der Waals surface area contributed by atoms with E-state index in [0.717, 1.165) is 12.8 Å². The fourth-order valence-corrected chi connectivity index (χ4v) is 3.78. The van der Waals surface area contributed by atoms with Crippen LogP contribution in [0.4, 0.5) is 0 Å². The maximum Gasteiger partial charge on any atom is 0.115 e. The molecule has 4 nitrogen and oxygen atoms in total. The molecule has 0 radical (unpaired) electrons. The van der Waals surface area contributed by atoms with E-state index in [1.54, 1.807) is 0 Å². The van der Waals surface area contributed by atoms with E-state index in [1.165, 1.54) is 11.1 Å².